The lowest BCUT2D eigenvalue weighted by Crippen LogP contribution is -2.15. The molecule has 0 aliphatic carbocycles. The molecule has 0 aliphatic heterocycles. The van der Waals surface area contributed by atoms with E-state index in [-0.39, 0.29) is 5.56 Å². The third kappa shape index (κ3) is 4.33. The minimum atomic E-state index is -0.0428. The molecule has 0 saturated carbocycles. The van der Waals surface area contributed by atoms with Gasteiger partial charge < -0.3 is 9.47 Å². The summed E-state index contributed by atoms with van der Waals surface area (Å²) < 4.78 is 12.4. The van der Waals surface area contributed by atoms with Crippen LogP contribution < -0.4 is 15.0 Å². The molecule has 3 rings (SSSR count). The van der Waals surface area contributed by atoms with Crippen molar-refractivity contribution in [3.8, 4) is 11.5 Å². The normalized spacial score (nSPS) is 10.8. The maximum Gasteiger partial charge on any atom is 0.258 e. The number of hydrogen-bond acceptors (Lipinski definition) is 5. The van der Waals surface area contributed by atoms with Crippen molar-refractivity contribution in [3.05, 3.63) is 70.3 Å². The topological polar surface area (TPSA) is 52.8 Å². The SMILES string of the molecule is COc1ccc(OCCSCc2cc(=O)n3cccc(C)c3n2)cc1. The van der Waals surface area contributed by atoms with Crippen molar-refractivity contribution in [2.75, 3.05) is 19.5 Å². The molecule has 5 nitrogen and oxygen atoms in total. The summed E-state index contributed by atoms with van der Waals surface area (Å²) in [6, 6.07) is 12.9. The molecule has 0 bridgehead atoms. The van der Waals surface area contributed by atoms with E-state index < -0.39 is 0 Å². The van der Waals surface area contributed by atoms with E-state index in [0.29, 0.717) is 12.4 Å². The Hall–Kier alpha value is -2.47. The van der Waals surface area contributed by atoms with Gasteiger partial charge in [-0.1, -0.05) is 6.07 Å². The Bertz CT molecular complexity index is 907. The van der Waals surface area contributed by atoms with E-state index in [1.807, 2.05) is 43.3 Å². The van der Waals surface area contributed by atoms with Gasteiger partial charge in [-0.25, -0.2) is 4.98 Å². The molecule has 2 aromatic heterocycles. The van der Waals surface area contributed by atoms with Crippen LogP contribution in [0.2, 0.25) is 0 Å². The summed E-state index contributed by atoms with van der Waals surface area (Å²) in [5.41, 5.74) is 2.47. The van der Waals surface area contributed by atoms with Crippen LogP contribution >= 0.6 is 11.8 Å². The van der Waals surface area contributed by atoms with Gasteiger partial charge in [0, 0.05) is 23.8 Å². The molecule has 0 spiro atoms. The molecular formula is C19H20N2O3S. The van der Waals surface area contributed by atoms with Crippen LogP contribution in [0.4, 0.5) is 0 Å². The summed E-state index contributed by atoms with van der Waals surface area (Å²) in [6.45, 7) is 2.56. The molecule has 25 heavy (non-hydrogen) atoms. The number of ether oxygens (including phenoxy) is 2. The van der Waals surface area contributed by atoms with Gasteiger partial charge in [-0.3, -0.25) is 9.20 Å². The average Bonchev–Trinajstić information content (AvgIpc) is 2.63. The second-order valence-electron chi connectivity index (χ2n) is 5.55. The molecule has 0 amide bonds. The van der Waals surface area contributed by atoms with Crippen LogP contribution in [0.25, 0.3) is 5.65 Å². The first-order chi connectivity index (χ1) is 12.2. The number of rotatable bonds is 7. The van der Waals surface area contributed by atoms with E-state index in [9.17, 15) is 4.79 Å². The molecule has 0 N–H and O–H groups in total. The average molecular weight is 356 g/mol. The molecule has 0 radical (unpaired) electrons. The zero-order chi connectivity index (χ0) is 17.6. The lowest BCUT2D eigenvalue weighted by atomic mass is 10.3. The zero-order valence-corrected chi connectivity index (χ0v) is 15.1. The second kappa shape index (κ2) is 8.07. The molecule has 0 aliphatic rings. The first-order valence-electron chi connectivity index (χ1n) is 8.00. The number of nitrogens with zero attached hydrogens (tertiary/aromatic N) is 2. The summed E-state index contributed by atoms with van der Waals surface area (Å²) in [5.74, 6) is 3.14. The van der Waals surface area contributed by atoms with Crippen molar-refractivity contribution >= 4 is 17.4 Å². The van der Waals surface area contributed by atoms with Crippen LogP contribution in [0.3, 0.4) is 0 Å². The number of benzene rings is 1. The third-order valence-electron chi connectivity index (χ3n) is 3.75. The van der Waals surface area contributed by atoms with E-state index in [4.69, 9.17) is 9.47 Å². The number of hydrogen-bond donors (Lipinski definition) is 0. The maximum atomic E-state index is 12.2. The minimum Gasteiger partial charge on any atom is -0.497 e. The summed E-state index contributed by atoms with van der Waals surface area (Å²) in [6.07, 6.45) is 1.75. The molecule has 0 atom stereocenters. The molecule has 6 heteroatoms. The summed E-state index contributed by atoms with van der Waals surface area (Å²) in [4.78, 5) is 16.8. The molecule has 1 aromatic carbocycles. The maximum absolute atomic E-state index is 12.2. The van der Waals surface area contributed by atoms with E-state index in [1.165, 1.54) is 0 Å². The van der Waals surface area contributed by atoms with E-state index in [2.05, 4.69) is 4.98 Å². The fourth-order valence-corrected chi connectivity index (χ4v) is 3.15. The van der Waals surface area contributed by atoms with Gasteiger partial charge in [0.1, 0.15) is 17.1 Å². The van der Waals surface area contributed by atoms with E-state index in [1.54, 1.807) is 35.5 Å². The predicted molar refractivity (Wildman–Crippen MR) is 101 cm³/mol. The Morgan fingerprint density at radius 1 is 1.16 bits per heavy atom. The number of methoxy groups -OCH3 is 1. The van der Waals surface area contributed by atoms with Gasteiger partial charge in [-0.15, -0.1) is 0 Å². The Kier molecular flexibility index (Phi) is 5.60. The number of fused-ring (bicyclic) bond motifs is 1. The standard InChI is InChI=1S/C19H20N2O3S/c1-14-4-3-9-21-18(22)12-15(20-19(14)21)13-25-11-10-24-17-7-5-16(23-2)6-8-17/h3-9,12H,10-11,13H2,1-2H3. The molecule has 3 aromatic rings. The van der Waals surface area contributed by atoms with Gasteiger partial charge in [0.25, 0.3) is 5.56 Å². The summed E-state index contributed by atoms with van der Waals surface area (Å²) in [5, 5.41) is 0. The number of thioether (sulfide) groups is 1. The highest BCUT2D eigenvalue weighted by Gasteiger charge is 2.04. The van der Waals surface area contributed by atoms with Crippen molar-refractivity contribution < 1.29 is 9.47 Å². The van der Waals surface area contributed by atoms with Crippen LogP contribution in [0, 0.1) is 6.92 Å². The van der Waals surface area contributed by atoms with Gasteiger partial charge in [0.2, 0.25) is 0 Å². The van der Waals surface area contributed by atoms with Crippen LogP contribution in [-0.4, -0.2) is 28.9 Å². The number of aromatic nitrogens is 2. The quantitative estimate of drug-likeness (QED) is 0.608. The van der Waals surface area contributed by atoms with Crippen molar-refractivity contribution in [3.63, 3.8) is 0 Å². The van der Waals surface area contributed by atoms with Crippen molar-refractivity contribution in [2.45, 2.75) is 12.7 Å². The lowest BCUT2D eigenvalue weighted by Gasteiger charge is -2.08. The van der Waals surface area contributed by atoms with Crippen LogP contribution in [0.1, 0.15) is 11.3 Å². The molecule has 2 heterocycles. The largest absolute Gasteiger partial charge is 0.497 e. The highest BCUT2D eigenvalue weighted by atomic mass is 32.2. The fourth-order valence-electron chi connectivity index (χ4n) is 2.45. The van der Waals surface area contributed by atoms with Crippen molar-refractivity contribution in [2.24, 2.45) is 0 Å². The van der Waals surface area contributed by atoms with Gasteiger partial charge >= 0.3 is 0 Å². The third-order valence-corrected chi connectivity index (χ3v) is 4.70. The summed E-state index contributed by atoms with van der Waals surface area (Å²) >= 11 is 1.70. The first kappa shape index (κ1) is 17.4. The first-order valence-corrected chi connectivity index (χ1v) is 9.15. The molecule has 130 valence electrons. The van der Waals surface area contributed by atoms with E-state index in [0.717, 1.165) is 34.2 Å². The highest BCUT2D eigenvalue weighted by molar-refractivity contribution is 7.98. The predicted octanol–water partition coefficient (Wildman–Crippen LogP) is 3.32. The van der Waals surface area contributed by atoms with Crippen molar-refractivity contribution in [1.29, 1.82) is 0 Å². The zero-order valence-electron chi connectivity index (χ0n) is 14.3. The molecular weight excluding hydrogens is 336 g/mol. The van der Waals surface area contributed by atoms with Gasteiger partial charge in [0.15, 0.2) is 0 Å². The fraction of sp³-hybridized carbons (Fsp3) is 0.263. The van der Waals surface area contributed by atoms with Gasteiger partial charge in [-0.2, -0.15) is 11.8 Å². The number of aryl methyl sites for hydroxylation is 1. The summed E-state index contributed by atoms with van der Waals surface area (Å²) in [7, 11) is 1.64. The highest BCUT2D eigenvalue weighted by Crippen LogP contribution is 2.18. The molecule has 0 unspecified atom stereocenters. The molecule has 0 saturated heterocycles. The van der Waals surface area contributed by atoms with Crippen molar-refractivity contribution in [1.82, 2.24) is 9.38 Å². The smallest absolute Gasteiger partial charge is 0.258 e. The Morgan fingerprint density at radius 2 is 1.92 bits per heavy atom. The monoisotopic (exact) mass is 356 g/mol. The Balaban J connectivity index is 1.53. The lowest BCUT2D eigenvalue weighted by molar-refractivity contribution is 0.342. The minimum absolute atomic E-state index is 0.0428. The Morgan fingerprint density at radius 3 is 2.68 bits per heavy atom. The van der Waals surface area contributed by atoms with E-state index >= 15 is 0 Å². The van der Waals surface area contributed by atoms with Gasteiger partial charge in [-0.05, 0) is 42.8 Å². The van der Waals surface area contributed by atoms with Crippen LogP contribution in [0.15, 0.2) is 53.5 Å². The number of pyridine rings is 1. The Labute approximate surface area is 150 Å². The van der Waals surface area contributed by atoms with Crippen LogP contribution in [-0.2, 0) is 5.75 Å². The molecule has 0 fully saturated rings. The van der Waals surface area contributed by atoms with Crippen LogP contribution in [0.5, 0.6) is 11.5 Å². The second-order valence-corrected chi connectivity index (χ2v) is 6.65. The van der Waals surface area contributed by atoms with Gasteiger partial charge in [0.05, 0.1) is 19.4 Å².